The zero-order valence-corrected chi connectivity index (χ0v) is 21.8. The summed E-state index contributed by atoms with van der Waals surface area (Å²) in [5.74, 6) is 0.536. The number of hydrogen-bond acceptors (Lipinski definition) is 5. The number of carbonyl (C=O) groups is 1. The van der Waals surface area contributed by atoms with Crippen LogP contribution >= 0.6 is 45.2 Å². The smallest absolute Gasteiger partial charge is 0.363 e. The van der Waals surface area contributed by atoms with E-state index in [0.29, 0.717) is 23.7 Å². The number of esters is 1. The Kier molecular flexibility index (Phi) is 7.63. The van der Waals surface area contributed by atoms with E-state index in [4.69, 9.17) is 14.2 Å². The van der Waals surface area contributed by atoms with Crippen LogP contribution in [0, 0.1) is 13.0 Å². The third kappa shape index (κ3) is 5.91. The van der Waals surface area contributed by atoms with E-state index in [1.807, 2.05) is 37.3 Å². The molecule has 0 spiro atoms. The highest BCUT2D eigenvalue weighted by molar-refractivity contribution is 14.1. The highest BCUT2D eigenvalue weighted by Crippen LogP contribution is 2.36. The first-order valence-electron chi connectivity index (χ1n) is 10.0. The second-order valence-corrected chi connectivity index (χ2v) is 9.43. The van der Waals surface area contributed by atoms with Crippen LogP contribution in [0.2, 0.25) is 0 Å². The van der Waals surface area contributed by atoms with E-state index in [2.05, 4.69) is 50.2 Å². The first-order chi connectivity index (χ1) is 15.9. The number of carbonyl (C=O) groups excluding carboxylic acids is 1. The Labute approximate surface area is 217 Å². The minimum Gasteiger partial charge on any atom is -0.490 e. The van der Waals surface area contributed by atoms with Gasteiger partial charge in [-0.25, -0.2) is 14.2 Å². The number of nitrogens with zero attached hydrogens (tertiary/aromatic N) is 1. The first kappa shape index (κ1) is 23.7. The Hall–Kier alpha value is -2.47. The summed E-state index contributed by atoms with van der Waals surface area (Å²) in [7, 11) is 0. The molecular weight excluding hydrogens is 651 g/mol. The van der Waals surface area contributed by atoms with Crippen LogP contribution in [-0.2, 0) is 16.1 Å². The number of benzene rings is 3. The zero-order valence-electron chi connectivity index (χ0n) is 17.5. The quantitative estimate of drug-likeness (QED) is 0.167. The van der Waals surface area contributed by atoms with Crippen LogP contribution in [0.4, 0.5) is 4.39 Å². The molecule has 3 aromatic carbocycles. The van der Waals surface area contributed by atoms with Crippen molar-refractivity contribution < 1.29 is 23.4 Å². The summed E-state index contributed by atoms with van der Waals surface area (Å²) in [5.41, 5.74) is 2.37. The van der Waals surface area contributed by atoms with Gasteiger partial charge < -0.3 is 14.2 Å². The van der Waals surface area contributed by atoms with Gasteiger partial charge in [-0.2, -0.15) is 0 Å². The lowest BCUT2D eigenvalue weighted by Gasteiger charge is -2.15. The van der Waals surface area contributed by atoms with E-state index < -0.39 is 5.97 Å². The molecule has 0 N–H and O–H groups in total. The van der Waals surface area contributed by atoms with Gasteiger partial charge in [-0.15, -0.1) is 0 Å². The lowest BCUT2D eigenvalue weighted by molar-refractivity contribution is -0.129. The first-order valence-corrected chi connectivity index (χ1v) is 12.2. The molecule has 0 unspecified atom stereocenters. The van der Waals surface area contributed by atoms with Gasteiger partial charge in [0.2, 0.25) is 5.90 Å². The highest BCUT2D eigenvalue weighted by atomic mass is 127. The number of aliphatic imine (C=N–C) groups is 1. The van der Waals surface area contributed by atoms with Crippen LogP contribution in [0.5, 0.6) is 11.5 Å². The molecule has 1 heterocycles. The van der Waals surface area contributed by atoms with Gasteiger partial charge in [0.05, 0.1) is 10.2 Å². The largest absolute Gasteiger partial charge is 0.490 e. The second-order valence-electron chi connectivity index (χ2n) is 7.02. The van der Waals surface area contributed by atoms with Crippen molar-refractivity contribution in [3.8, 4) is 11.5 Å². The van der Waals surface area contributed by atoms with Crippen LogP contribution in [-0.4, -0.2) is 18.5 Å². The fraction of sp³-hybridized carbons (Fsp3) is 0.120. The van der Waals surface area contributed by atoms with Crippen molar-refractivity contribution in [1.29, 1.82) is 0 Å². The molecule has 4 rings (SSSR count). The number of cyclic esters (lactones) is 1. The Balaban J connectivity index is 1.61. The molecule has 1 aliphatic rings. The van der Waals surface area contributed by atoms with Crippen molar-refractivity contribution in [3.63, 3.8) is 0 Å². The molecule has 0 fully saturated rings. The third-order valence-electron chi connectivity index (χ3n) is 4.62. The van der Waals surface area contributed by atoms with Gasteiger partial charge in [-0.05, 0) is 118 Å². The summed E-state index contributed by atoms with van der Waals surface area (Å²) in [6.45, 7) is 2.51. The molecule has 168 valence electrons. The van der Waals surface area contributed by atoms with Crippen molar-refractivity contribution in [2.45, 2.75) is 13.5 Å². The predicted octanol–water partition coefficient (Wildman–Crippen LogP) is 6.36. The van der Waals surface area contributed by atoms with Gasteiger partial charge in [-0.3, -0.25) is 0 Å². The normalized spacial score (nSPS) is 14.2. The minimum atomic E-state index is -0.511. The van der Waals surface area contributed by atoms with E-state index in [9.17, 15) is 9.18 Å². The maximum atomic E-state index is 13.5. The van der Waals surface area contributed by atoms with Gasteiger partial charge in [0.25, 0.3) is 0 Å². The number of hydrogen-bond donors (Lipinski definition) is 0. The molecule has 0 saturated heterocycles. The van der Waals surface area contributed by atoms with E-state index in [0.717, 1.165) is 18.3 Å². The Bertz CT molecular complexity index is 1260. The average Bonchev–Trinajstić information content (AvgIpc) is 3.14. The van der Waals surface area contributed by atoms with Crippen LogP contribution in [0.1, 0.15) is 23.6 Å². The molecule has 3 aromatic rings. The summed E-state index contributed by atoms with van der Waals surface area (Å²) in [6.07, 6.45) is 1.66. The Morgan fingerprint density at radius 2 is 1.85 bits per heavy atom. The number of halogens is 3. The van der Waals surface area contributed by atoms with Crippen LogP contribution < -0.4 is 9.47 Å². The fourth-order valence-corrected chi connectivity index (χ4v) is 4.28. The van der Waals surface area contributed by atoms with Gasteiger partial charge in [-0.1, -0.05) is 12.1 Å². The van der Waals surface area contributed by atoms with Crippen LogP contribution in [0.25, 0.3) is 6.08 Å². The molecule has 8 heteroatoms. The lowest BCUT2D eigenvalue weighted by Crippen LogP contribution is -2.05. The summed E-state index contributed by atoms with van der Waals surface area (Å²) in [5, 5.41) is 0. The SMILES string of the molecule is CCOc1cc(/C=C2\N=C(c3ccc(I)cc3)OC2=O)cc(I)c1OCc1cccc(F)c1. The molecule has 0 aliphatic carbocycles. The third-order valence-corrected chi connectivity index (χ3v) is 6.14. The van der Waals surface area contributed by atoms with Crippen molar-refractivity contribution in [2.75, 3.05) is 6.61 Å². The summed E-state index contributed by atoms with van der Waals surface area (Å²) < 4.78 is 32.4. The summed E-state index contributed by atoms with van der Waals surface area (Å²) >= 11 is 4.36. The molecule has 0 radical (unpaired) electrons. The van der Waals surface area contributed by atoms with E-state index in [-0.39, 0.29) is 24.0 Å². The fourth-order valence-electron chi connectivity index (χ4n) is 3.14. The minimum absolute atomic E-state index is 0.199. The summed E-state index contributed by atoms with van der Waals surface area (Å²) in [6, 6.07) is 17.5. The summed E-state index contributed by atoms with van der Waals surface area (Å²) in [4.78, 5) is 16.8. The van der Waals surface area contributed by atoms with Crippen molar-refractivity contribution in [3.05, 3.63) is 96.0 Å². The number of rotatable bonds is 7. The van der Waals surface area contributed by atoms with Gasteiger partial charge in [0, 0.05) is 9.13 Å². The lowest BCUT2D eigenvalue weighted by atomic mass is 10.1. The van der Waals surface area contributed by atoms with Crippen molar-refractivity contribution >= 4 is 63.1 Å². The topological polar surface area (TPSA) is 57.1 Å². The maximum Gasteiger partial charge on any atom is 0.363 e. The number of ether oxygens (including phenoxy) is 3. The van der Waals surface area contributed by atoms with Crippen LogP contribution in [0.3, 0.4) is 0 Å². The molecular formula is C25H18FI2NO4. The van der Waals surface area contributed by atoms with Crippen molar-refractivity contribution in [1.82, 2.24) is 0 Å². The van der Waals surface area contributed by atoms with Crippen LogP contribution in [0.15, 0.2) is 71.4 Å². The Morgan fingerprint density at radius 3 is 2.58 bits per heavy atom. The zero-order chi connectivity index (χ0) is 23.4. The molecule has 0 amide bonds. The average molecular weight is 669 g/mol. The maximum absolute atomic E-state index is 13.5. The Morgan fingerprint density at radius 1 is 1.06 bits per heavy atom. The second kappa shape index (κ2) is 10.6. The van der Waals surface area contributed by atoms with Gasteiger partial charge in [0.1, 0.15) is 12.4 Å². The van der Waals surface area contributed by atoms with Gasteiger partial charge >= 0.3 is 5.97 Å². The van der Waals surface area contributed by atoms with Gasteiger partial charge in [0.15, 0.2) is 17.2 Å². The standard InChI is InChI=1S/C25H18FI2NO4/c1-2-31-22-13-16(11-20(28)23(22)32-14-15-4-3-5-18(26)10-15)12-21-25(30)33-24(29-21)17-6-8-19(27)9-7-17/h3-13H,2,14H2,1H3/b21-12-. The van der Waals surface area contributed by atoms with E-state index >= 15 is 0 Å². The molecule has 5 nitrogen and oxygen atoms in total. The molecule has 0 saturated carbocycles. The molecule has 0 bridgehead atoms. The van der Waals surface area contributed by atoms with E-state index in [1.54, 1.807) is 24.3 Å². The molecule has 0 atom stereocenters. The highest BCUT2D eigenvalue weighted by Gasteiger charge is 2.24. The molecule has 0 aromatic heterocycles. The monoisotopic (exact) mass is 669 g/mol. The predicted molar refractivity (Wildman–Crippen MR) is 141 cm³/mol. The molecule has 33 heavy (non-hydrogen) atoms. The molecule has 1 aliphatic heterocycles. The van der Waals surface area contributed by atoms with E-state index in [1.165, 1.54) is 12.1 Å². The van der Waals surface area contributed by atoms with Crippen molar-refractivity contribution in [2.24, 2.45) is 4.99 Å².